The highest BCUT2D eigenvalue weighted by Crippen LogP contribution is 2.19. The van der Waals surface area contributed by atoms with Crippen LogP contribution in [-0.2, 0) is 4.79 Å². The number of likely N-dealkylation sites (tertiary alicyclic amines) is 1. The highest BCUT2D eigenvalue weighted by molar-refractivity contribution is 5.73. The lowest BCUT2D eigenvalue weighted by Crippen LogP contribution is -2.39. The molecule has 1 amide bonds. The fourth-order valence-corrected chi connectivity index (χ4v) is 2.27. The summed E-state index contributed by atoms with van der Waals surface area (Å²) in [5, 5.41) is 0. The van der Waals surface area contributed by atoms with Crippen LogP contribution in [0.3, 0.4) is 0 Å². The van der Waals surface area contributed by atoms with Gasteiger partial charge in [-0.05, 0) is 38.8 Å². The van der Waals surface area contributed by atoms with Crippen LogP contribution in [0.1, 0.15) is 45.4 Å². The summed E-state index contributed by atoms with van der Waals surface area (Å²) in [5.74, 6) is -0.171. The zero-order valence-electron chi connectivity index (χ0n) is 9.17. The molecule has 82 valence electrons. The Morgan fingerprint density at radius 1 is 1.50 bits per heavy atom. The monoisotopic (exact) mass is 198 g/mol. The number of nitrogens with two attached hydrogens (primary N) is 1. The molecule has 1 rings (SSSR count). The van der Waals surface area contributed by atoms with Crippen molar-refractivity contribution in [3.63, 3.8) is 0 Å². The maximum Gasteiger partial charge on any atom is 0.217 e. The quantitative estimate of drug-likeness (QED) is 0.728. The first-order valence-corrected chi connectivity index (χ1v) is 5.76. The van der Waals surface area contributed by atoms with Crippen LogP contribution >= 0.6 is 0 Å². The number of rotatable bonds is 5. The van der Waals surface area contributed by atoms with Crippen LogP contribution in [0.25, 0.3) is 0 Å². The van der Waals surface area contributed by atoms with E-state index in [-0.39, 0.29) is 5.91 Å². The van der Waals surface area contributed by atoms with E-state index in [2.05, 4.69) is 11.8 Å². The van der Waals surface area contributed by atoms with Crippen molar-refractivity contribution in [3.8, 4) is 0 Å². The Balaban J connectivity index is 2.22. The van der Waals surface area contributed by atoms with Gasteiger partial charge in [0.2, 0.25) is 5.91 Å². The van der Waals surface area contributed by atoms with E-state index in [1.807, 2.05) is 0 Å². The molecule has 1 saturated heterocycles. The topological polar surface area (TPSA) is 46.3 Å². The van der Waals surface area contributed by atoms with E-state index in [9.17, 15) is 4.79 Å². The molecule has 1 heterocycles. The van der Waals surface area contributed by atoms with E-state index in [4.69, 9.17) is 5.73 Å². The third-order valence-corrected chi connectivity index (χ3v) is 3.09. The molecule has 14 heavy (non-hydrogen) atoms. The predicted molar refractivity (Wildman–Crippen MR) is 57.9 cm³/mol. The van der Waals surface area contributed by atoms with Gasteiger partial charge in [0, 0.05) is 12.5 Å². The van der Waals surface area contributed by atoms with Crippen LogP contribution in [0, 0.1) is 0 Å². The van der Waals surface area contributed by atoms with E-state index < -0.39 is 0 Å². The molecule has 1 atom stereocenters. The van der Waals surface area contributed by atoms with Gasteiger partial charge in [0.1, 0.15) is 0 Å². The number of amides is 1. The minimum absolute atomic E-state index is 0.171. The minimum Gasteiger partial charge on any atom is -0.370 e. The number of hydrogen-bond donors (Lipinski definition) is 1. The van der Waals surface area contributed by atoms with Crippen molar-refractivity contribution >= 4 is 5.91 Å². The van der Waals surface area contributed by atoms with Gasteiger partial charge >= 0.3 is 0 Å². The Hall–Kier alpha value is -0.570. The van der Waals surface area contributed by atoms with E-state index >= 15 is 0 Å². The van der Waals surface area contributed by atoms with Gasteiger partial charge in [0.05, 0.1) is 0 Å². The molecule has 1 aliphatic heterocycles. The molecular formula is C11H22N2O. The molecule has 2 N–H and O–H groups in total. The molecular weight excluding hydrogens is 176 g/mol. The van der Waals surface area contributed by atoms with Gasteiger partial charge in [0.25, 0.3) is 0 Å². The average Bonchev–Trinajstić information content (AvgIpc) is 2.18. The summed E-state index contributed by atoms with van der Waals surface area (Å²) in [6.07, 6.45) is 6.69. The van der Waals surface area contributed by atoms with Crippen molar-refractivity contribution in [2.45, 2.75) is 51.5 Å². The van der Waals surface area contributed by atoms with Crippen molar-refractivity contribution < 1.29 is 4.79 Å². The number of nitrogens with zero attached hydrogens (tertiary/aromatic N) is 1. The Labute approximate surface area is 86.6 Å². The third kappa shape index (κ3) is 3.66. The van der Waals surface area contributed by atoms with Gasteiger partial charge < -0.3 is 10.6 Å². The summed E-state index contributed by atoms with van der Waals surface area (Å²) < 4.78 is 0. The molecule has 0 saturated carbocycles. The van der Waals surface area contributed by atoms with E-state index in [1.54, 1.807) is 0 Å². The second kappa shape index (κ2) is 6.02. The van der Waals surface area contributed by atoms with Crippen LogP contribution in [0.4, 0.5) is 0 Å². The highest BCUT2D eigenvalue weighted by Gasteiger charge is 2.19. The maximum atomic E-state index is 10.6. The number of carbonyl (C=O) groups excluding carboxylic acids is 1. The number of carbonyl (C=O) groups is 1. The normalized spacial score (nSPS) is 23.6. The summed E-state index contributed by atoms with van der Waals surface area (Å²) in [6, 6.07) is 0.747. The molecule has 0 aliphatic carbocycles. The molecule has 3 nitrogen and oxygen atoms in total. The molecule has 0 aromatic carbocycles. The van der Waals surface area contributed by atoms with Crippen LogP contribution in [-0.4, -0.2) is 29.9 Å². The van der Waals surface area contributed by atoms with Crippen LogP contribution in [0.15, 0.2) is 0 Å². The van der Waals surface area contributed by atoms with E-state index in [0.29, 0.717) is 6.42 Å². The number of primary amides is 1. The van der Waals surface area contributed by atoms with Gasteiger partial charge in [-0.3, -0.25) is 4.79 Å². The third-order valence-electron chi connectivity index (χ3n) is 3.09. The van der Waals surface area contributed by atoms with Crippen LogP contribution in [0.5, 0.6) is 0 Å². The van der Waals surface area contributed by atoms with Crippen molar-refractivity contribution in [2.75, 3.05) is 13.1 Å². The van der Waals surface area contributed by atoms with Gasteiger partial charge in [0.15, 0.2) is 0 Å². The fraction of sp³-hybridized carbons (Fsp3) is 0.909. The molecule has 1 fully saturated rings. The van der Waals surface area contributed by atoms with Gasteiger partial charge in [-0.2, -0.15) is 0 Å². The van der Waals surface area contributed by atoms with Crippen LogP contribution in [0.2, 0.25) is 0 Å². The van der Waals surface area contributed by atoms with Gasteiger partial charge in [-0.1, -0.05) is 13.3 Å². The molecule has 0 aromatic heterocycles. The number of piperidine rings is 1. The Morgan fingerprint density at radius 3 is 2.93 bits per heavy atom. The summed E-state index contributed by atoms with van der Waals surface area (Å²) in [5.41, 5.74) is 5.12. The Bertz CT molecular complexity index is 182. The molecule has 1 aliphatic rings. The second-order valence-corrected chi connectivity index (χ2v) is 4.16. The van der Waals surface area contributed by atoms with Gasteiger partial charge in [-0.25, -0.2) is 0 Å². The largest absolute Gasteiger partial charge is 0.370 e. The summed E-state index contributed by atoms with van der Waals surface area (Å²) >= 11 is 0. The van der Waals surface area contributed by atoms with Crippen molar-refractivity contribution in [1.82, 2.24) is 4.90 Å². The molecule has 3 heteroatoms. The molecule has 0 bridgehead atoms. The smallest absolute Gasteiger partial charge is 0.217 e. The zero-order valence-corrected chi connectivity index (χ0v) is 9.17. The first-order valence-electron chi connectivity index (χ1n) is 5.76. The fourth-order valence-electron chi connectivity index (χ4n) is 2.27. The summed E-state index contributed by atoms with van der Waals surface area (Å²) in [4.78, 5) is 13.1. The summed E-state index contributed by atoms with van der Waals surface area (Å²) in [7, 11) is 0. The standard InChI is InChI=1S/C11H22N2O/c1-2-10-6-3-4-8-13(10)9-5-7-11(12)14/h10H,2-9H2,1H3,(H2,12,14). The second-order valence-electron chi connectivity index (χ2n) is 4.16. The molecule has 1 unspecified atom stereocenters. The van der Waals surface area contributed by atoms with E-state index in [1.165, 1.54) is 32.2 Å². The maximum absolute atomic E-state index is 10.6. The average molecular weight is 198 g/mol. The predicted octanol–water partition coefficient (Wildman–Crippen LogP) is 1.52. The molecule has 0 spiro atoms. The Morgan fingerprint density at radius 2 is 2.29 bits per heavy atom. The van der Waals surface area contributed by atoms with Gasteiger partial charge in [-0.15, -0.1) is 0 Å². The zero-order chi connectivity index (χ0) is 10.4. The Kier molecular flexibility index (Phi) is 4.94. The number of hydrogen-bond acceptors (Lipinski definition) is 2. The lowest BCUT2D eigenvalue weighted by molar-refractivity contribution is -0.118. The first kappa shape index (κ1) is 11.5. The van der Waals surface area contributed by atoms with E-state index in [0.717, 1.165) is 19.0 Å². The van der Waals surface area contributed by atoms with Crippen molar-refractivity contribution in [2.24, 2.45) is 5.73 Å². The summed E-state index contributed by atoms with van der Waals surface area (Å²) in [6.45, 7) is 4.50. The highest BCUT2D eigenvalue weighted by atomic mass is 16.1. The molecule has 0 aromatic rings. The van der Waals surface area contributed by atoms with Crippen molar-refractivity contribution in [1.29, 1.82) is 0 Å². The van der Waals surface area contributed by atoms with Crippen LogP contribution < -0.4 is 5.73 Å². The lowest BCUT2D eigenvalue weighted by atomic mass is 10.00. The molecule has 0 radical (unpaired) electrons. The minimum atomic E-state index is -0.171. The lowest BCUT2D eigenvalue weighted by Gasteiger charge is -2.35. The van der Waals surface area contributed by atoms with Crippen molar-refractivity contribution in [3.05, 3.63) is 0 Å². The SMILES string of the molecule is CCC1CCCCN1CCCC(N)=O. The first-order chi connectivity index (χ1) is 6.74.